The van der Waals surface area contributed by atoms with Gasteiger partial charge in [0, 0.05) is 36.7 Å². The largest absolute Gasteiger partial charge is 0.361 e. The molecule has 28 heavy (non-hydrogen) atoms. The molecule has 2 aromatic heterocycles. The van der Waals surface area contributed by atoms with E-state index in [0.29, 0.717) is 24.8 Å². The van der Waals surface area contributed by atoms with Crippen molar-refractivity contribution in [3.63, 3.8) is 0 Å². The highest BCUT2D eigenvalue weighted by Crippen LogP contribution is 2.22. The summed E-state index contributed by atoms with van der Waals surface area (Å²) in [5.41, 5.74) is 3.49. The second-order valence-corrected chi connectivity index (χ2v) is 8.86. The van der Waals surface area contributed by atoms with Crippen molar-refractivity contribution in [3.8, 4) is 0 Å². The quantitative estimate of drug-likeness (QED) is 0.433. The van der Waals surface area contributed by atoms with Crippen molar-refractivity contribution in [1.29, 1.82) is 0 Å². The average Bonchev–Trinajstić information content (AvgIpc) is 3.23. The van der Waals surface area contributed by atoms with Crippen molar-refractivity contribution in [3.05, 3.63) is 41.4 Å². The summed E-state index contributed by atoms with van der Waals surface area (Å²) in [6.45, 7) is 1.61. The molecule has 0 spiro atoms. The highest BCUT2D eigenvalue weighted by Gasteiger charge is 2.10. The van der Waals surface area contributed by atoms with E-state index in [1.807, 2.05) is 6.07 Å². The van der Waals surface area contributed by atoms with Crippen LogP contribution in [0.2, 0.25) is 0 Å². The van der Waals surface area contributed by atoms with Crippen LogP contribution in [0.3, 0.4) is 0 Å². The molecule has 1 aromatic carbocycles. The third-order valence-electron chi connectivity index (χ3n) is 4.26. The number of nitrogens with one attached hydrogen (secondary N) is 3. The van der Waals surface area contributed by atoms with Gasteiger partial charge in [-0.25, -0.2) is 13.1 Å². The lowest BCUT2D eigenvalue weighted by Crippen LogP contribution is -2.27. The fourth-order valence-electron chi connectivity index (χ4n) is 2.87. The number of hydrogen-bond acceptors (Lipinski definition) is 7. The van der Waals surface area contributed by atoms with Crippen LogP contribution in [0.5, 0.6) is 0 Å². The van der Waals surface area contributed by atoms with E-state index in [1.165, 1.54) is 10.9 Å². The smallest absolute Gasteiger partial charge is 0.263 e. The molecule has 0 fully saturated rings. The SMILES string of the molecule is CN(C)CCc1c[nH]c2ccc(Cc3nc(NCCNS(C)(=O)=O)no3)cc12. The lowest BCUT2D eigenvalue weighted by atomic mass is 10.1. The number of fused-ring (bicyclic) bond motifs is 1. The van der Waals surface area contributed by atoms with Gasteiger partial charge < -0.3 is 19.7 Å². The number of H-pyrrole nitrogens is 1. The number of aromatic nitrogens is 3. The standard InChI is InChI=1S/C18H26N6O3S/c1-24(2)9-6-14-12-20-16-5-4-13(10-15(14)16)11-17-22-18(23-27-17)19-7-8-21-28(3,25)26/h4-5,10,12,20-21H,6-9,11H2,1-3H3,(H,19,23). The number of nitrogens with zero attached hydrogens (tertiary/aromatic N) is 3. The third-order valence-corrected chi connectivity index (χ3v) is 4.98. The Hall–Kier alpha value is -2.43. The second-order valence-electron chi connectivity index (χ2n) is 7.03. The number of sulfonamides is 1. The second kappa shape index (κ2) is 8.72. The summed E-state index contributed by atoms with van der Waals surface area (Å²) in [4.78, 5) is 9.79. The highest BCUT2D eigenvalue weighted by atomic mass is 32.2. The summed E-state index contributed by atoms with van der Waals surface area (Å²) in [5, 5.41) is 8.02. The van der Waals surface area contributed by atoms with Gasteiger partial charge in [0.2, 0.25) is 15.9 Å². The molecular formula is C18H26N6O3S. The van der Waals surface area contributed by atoms with Gasteiger partial charge in [-0.05, 0) is 48.9 Å². The summed E-state index contributed by atoms with van der Waals surface area (Å²) in [6, 6.07) is 6.27. The first kappa shape index (κ1) is 20.3. The fourth-order valence-corrected chi connectivity index (χ4v) is 3.34. The van der Waals surface area contributed by atoms with Crippen molar-refractivity contribution in [2.24, 2.45) is 0 Å². The first-order chi connectivity index (χ1) is 13.3. The summed E-state index contributed by atoms with van der Waals surface area (Å²) in [7, 11) is 0.937. The molecule has 10 heteroatoms. The Labute approximate surface area is 164 Å². The van der Waals surface area contributed by atoms with Gasteiger partial charge in [0.05, 0.1) is 12.7 Å². The molecule has 0 unspecified atom stereocenters. The monoisotopic (exact) mass is 406 g/mol. The highest BCUT2D eigenvalue weighted by molar-refractivity contribution is 7.88. The van der Waals surface area contributed by atoms with Crippen molar-refractivity contribution in [1.82, 2.24) is 24.7 Å². The number of rotatable bonds is 10. The van der Waals surface area contributed by atoms with Crippen LogP contribution < -0.4 is 10.0 Å². The van der Waals surface area contributed by atoms with E-state index in [4.69, 9.17) is 4.52 Å². The lowest BCUT2D eigenvalue weighted by molar-refractivity contribution is 0.386. The zero-order chi connectivity index (χ0) is 20.1. The van der Waals surface area contributed by atoms with E-state index in [0.717, 1.165) is 30.3 Å². The minimum absolute atomic E-state index is 0.253. The summed E-state index contributed by atoms with van der Waals surface area (Å²) in [6.07, 6.45) is 4.70. The maximum Gasteiger partial charge on any atom is 0.263 e. The summed E-state index contributed by atoms with van der Waals surface area (Å²) in [5.74, 6) is 0.850. The Balaban J connectivity index is 1.61. The van der Waals surface area contributed by atoms with Gasteiger partial charge >= 0.3 is 0 Å². The van der Waals surface area contributed by atoms with Crippen molar-refractivity contribution in [2.45, 2.75) is 12.8 Å². The topological polar surface area (TPSA) is 116 Å². The molecule has 0 amide bonds. The Bertz CT molecular complexity index is 1030. The van der Waals surface area contributed by atoms with E-state index in [1.54, 1.807) is 0 Å². The molecule has 3 rings (SSSR count). The Morgan fingerprint density at radius 2 is 2.07 bits per heavy atom. The number of likely N-dealkylation sites (N-methyl/N-ethyl adjacent to an activating group) is 1. The lowest BCUT2D eigenvalue weighted by Gasteiger charge is -2.08. The van der Waals surface area contributed by atoms with Crippen LogP contribution in [0.15, 0.2) is 28.9 Å². The van der Waals surface area contributed by atoms with Gasteiger partial charge in [-0.3, -0.25) is 0 Å². The van der Waals surface area contributed by atoms with Crippen LogP contribution in [0, 0.1) is 0 Å². The van der Waals surface area contributed by atoms with Crippen molar-refractivity contribution in [2.75, 3.05) is 45.3 Å². The van der Waals surface area contributed by atoms with E-state index < -0.39 is 10.0 Å². The Morgan fingerprint density at radius 3 is 2.82 bits per heavy atom. The van der Waals surface area contributed by atoms with E-state index in [9.17, 15) is 8.42 Å². The molecule has 2 heterocycles. The zero-order valence-electron chi connectivity index (χ0n) is 16.3. The average molecular weight is 407 g/mol. The van der Waals surface area contributed by atoms with E-state index in [2.05, 4.69) is 62.5 Å². The maximum absolute atomic E-state index is 11.0. The van der Waals surface area contributed by atoms with Crippen molar-refractivity contribution >= 4 is 26.9 Å². The normalized spacial score (nSPS) is 12.1. The molecule has 0 aliphatic carbocycles. The molecule has 9 nitrogen and oxygen atoms in total. The van der Waals surface area contributed by atoms with Crippen LogP contribution >= 0.6 is 0 Å². The molecule has 152 valence electrons. The molecule has 3 N–H and O–H groups in total. The summed E-state index contributed by atoms with van der Waals surface area (Å²) < 4.78 is 29.7. The van der Waals surface area contributed by atoms with Crippen LogP contribution in [-0.2, 0) is 22.9 Å². The van der Waals surface area contributed by atoms with Crippen LogP contribution in [0.1, 0.15) is 17.0 Å². The van der Waals surface area contributed by atoms with Crippen molar-refractivity contribution < 1.29 is 12.9 Å². The Kier molecular flexibility index (Phi) is 6.32. The molecule has 0 saturated heterocycles. The van der Waals surface area contributed by atoms with Gasteiger partial charge in [-0.2, -0.15) is 4.98 Å². The van der Waals surface area contributed by atoms with E-state index >= 15 is 0 Å². The minimum atomic E-state index is -3.20. The van der Waals surface area contributed by atoms with Gasteiger partial charge in [0.15, 0.2) is 0 Å². The van der Waals surface area contributed by atoms with Gasteiger partial charge in [-0.1, -0.05) is 6.07 Å². The molecule has 0 bridgehead atoms. The first-order valence-corrected chi connectivity index (χ1v) is 10.9. The predicted molar refractivity (Wildman–Crippen MR) is 109 cm³/mol. The number of benzene rings is 1. The first-order valence-electron chi connectivity index (χ1n) is 9.05. The number of anilines is 1. The maximum atomic E-state index is 11.0. The van der Waals surface area contributed by atoms with Crippen LogP contribution in [0.25, 0.3) is 10.9 Å². The Morgan fingerprint density at radius 1 is 1.25 bits per heavy atom. The molecule has 3 aromatic rings. The van der Waals surface area contributed by atoms with Gasteiger partial charge in [-0.15, -0.1) is 0 Å². The molecule has 0 aliphatic rings. The predicted octanol–water partition coefficient (Wildman–Crippen LogP) is 1.21. The molecular weight excluding hydrogens is 380 g/mol. The summed E-state index contributed by atoms with van der Waals surface area (Å²) >= 11 is 0. The zero-order valence-corrected chi connectivity index (χ0v) is 17.1. The minimum Gasteiger partial charge on any atom is -0.361 e. The van der Waals surface area contributed by atoms with Crippen LogP contribution in [-0.4, -0.2) is 68.4 Å². The van der Waals surface area contributed by atoms with Crippen LogP contribution in [0.4, 0.5) is 5.95 Å². The van der Waals surface area contributed by atoms with E-state index in [-0.39, 0.29) is 6.54 Å². The fraction of sp³-hybridized carbons (Fsp3) is 0.444. The molecule has 0 radical (unpaired) electrons. The molecule has 0 aliphatic heterocycles. The molecule has 0 atom stereocenters. The third kappa shape index (κ3) is 5.78. The van der Waals surface area contributed by atoms with Gasteiger partial charge in [0.25, 0.3) is 5.95 Å². The molecule has 0 saturated carbocycles. The van der Waals surface area contributed by atoms with Gasteiger partial charge in [0.1, 0.15) is 0 Å². The number of aromatic amines is 1. The number of hydrogen-bond donors (Lipinski definition) is 3.